The molecule has 0 aliphatic rings. The van der Waals surface area contributed by atoms with Gasteiger partial charge in [-0.1, -0.05) is 13.8 Å². The standard InChI is InChI=1S/C18H31N5O8/c1-9(2)7-12(18(30)31)23-17(29)11(4-5-13(20)24)22-14(25)8-21-16(28)10(19)3-6-15(26)27/h9-12H,3-8,19H2,1-2H3,(H2,20,24)(H,21,28)(H,22,25)(H,23,29)(H,26,27)(H,30,31). The van der Waals surface area contributed by atoms with Crippen LogP contribution in [0.2, 0.25) is 0 Å². The van der Waals surface area contributed by atoms with Crippen molar-refractivity contribution >= 4 is 35.6 Å². The Morgan fingerprint density at radius 2 is 1.48 bits per heavy atom. The van der Waals surface area contributed by atoms with Gasteiger partial charge >= 0.3 is 11.9 Å². The summed E-state index contributed by atoms with van der Waals surface area (Å²) in [6, 6.07) is -3.58. The lowest BCUT2D eigenvalue weighted by molar-refractivity contribution is -0.143. The normalized spacial score (nSPS) is 13.5. The number of carboxylic acids is 2. The van der Waals surface area contributed by atoms with Crippen LogP contribution in [-0.4, -0.2) is 70.5 Å². The van der Waals surface area contributed by atoms with Gasteiger partial charge in [-0.3, -0.25) is 24.0 Å². The zero-order chi connectivity index (χ0) is 24.1. The van der Waals surface area contributed by atoms with Crippen LogP contribution in [0.15, 0.2) is 0 Å². The number of hydrogen-bond donors (Lipinski definition) is 7. The second-order valence-electron chi connectivity index (χ2n) is 7.41. The first kappa shape index (κ1) is 27.8. The van der Waals surface area contributed by atoms with Gasteiger partial charge in [-0.05, 0) is 25.2 Å². The molecular weight excluding hydrogens is 414 g/mol. The summed E-state index contributed by atoms with van der Waals surface area (Å²) in [6.07, 6.45) is -0.711. The summed E-state index contributed by atoms with van der Waals surface area (Å²) in [5, 5.41) is 24.7. The molecule has 0 rings (SSSR count). The fraction of sp³-hybridized carbons (Fsp3) is 0.667. The Morgan fingerprint density at radius 1 is 0.871 bits per heavy atom. The molecule has 9 N–H and O–H groups in total. The molecule has 0 aliphatic heterocycles. The summed E-state index contributed by atoms with van der Waals surface area (Å²) in [4.78, 5) is 69.3. The minimum atomic E-state index is -1.26. The van der Waals surface area contributed by atoms with Gasteiger partial charge in [-0.25, -0.2) is 4.79 Å². The van der Waals surface area contributed by atoms with E-state index in [-0.39, 0.29) is 38.0 Å². The number of nitrogens with one attached hydrogen (secondary N) is 3. The number of carboxylic acid groups (broad SMARTS) is 2. The third-order valence-corrected chi connectivity index (χ3v) is 4.08. The van der Waals surface area contributed by atoms with Gasteiger partial charge in [0.25, 0.3) is 0 Å². The van der Waals surface area contributed by atoms with E-state index in [9.17, 15) is 33.9 Å². The van der Waals surface area contributed by atoms with Gasteiger partial charge in [0, 0.05) is 12.8 Å². The number of aliphatic carboxylic acids is 2. The van der Waals surface area contributed by atoms with Gasteiger partial charge in [0.1, 0.15) is 12.1 Å². The Kier molecular flexibility index (Phi) is 12.5. The molecule has 0 bridgehead atoms. The summed E-state index contributed by atoms with van der Waals surface area (Å²) in [7, 11) is 0. The maximum Gasteiger partial charge on any atom is 0.326 e. The molecule has 0 saturated heterocycles. The molecule has 13 nitrogen and oxygen atoms in total. The number of primary amides is 1. The van der Waals surface area contributed by atoms with Gasteiger partial charge in [-0.2, -0.15) is 0 Å². The summed E-state index contributed by atoms with van der Waals surface area (Å²) in [5.74, 6) is -5.47. The molecule has 0 aromatic rings. The molecule has 0 spiro atoms. The van der Waals surface area contributed by atoms with Crippen LogP contribution in [-0.2, 0) is 28.8 Å². The topological polar surface area (TPSA) is 231 Å². The lowest BCUT2D eigenvalue weighted by Crippen LogP contribution is -2.54. The van der Waals surface area contributed by atoms with E-state index in [0.29, 0.717) is 0 Å². The van der Waals surface area contributed by atoms with Crippen LogP contribution in [0.3, 0.4) is 0 Å². The quantitative estimate of drug-likeness (QED) is 0.143. The van der Waals surface area contributed by atoms with Crippen molar-refractivity contribution in [2.75, 3.05) is 6.54 Å². The average molecular weight is 445 g/mol. The zero-order valence-electron chi connectivity index (χ0n) is 17.6. The van der Waals surface area contributed by atoms with E-state index in [0.717, 1.165) is 0 Å². The van der Waals surface area contributed by atoms with Crippen LogP contribution in [0.1, 0.15) is 46.0 Å². The lowest BCUT2D eigenvalue weighted by atomic mass is 10.0. The van der Waals surface area contributed by atoms with E-state index in [1.807, 2.05) is 0 Å². The van der Waals surface area contributed by atoms with Crippen molar-refractivity contribution in [3.8, 4) is 0 Å². The summed E-state index contributed by atoms with van der Waals surface area (Å²) in [5.41, 5.74) is 10.6. The van der Waals surface area contributed by atoms with Crippen molar-refractivity contribution in [3.63, 3.8) is 0 Å². The molecule has 4 amide bonds. The van der Waals surface area contributed by atoms with Crippen molar-refractivity contribution in [3.05, 3.63) is 0 Å². The Morgan fingerprint density at radius 3 is 1.97 bits per heavy atom. The van der Waals surface area contributed by atoms with Gasteiger partial charge < -0.3 is 37.6 Å². The predicted octanol–water partition coefficient (Wildman–Crippen LogP) is -2.34. The van der Waals surface area contributed by atoms with Crippen molar-refractivity contribution < 1.29 is 39.0 Å². The maximum atomic E-state index is 12.5. The largest absolute Gasteiger partial charge is 0.481 e. The van der Waals surface area contributed by atoms with Crippen molar-refractivity contribution in [2.45, 2.75) is 64.1 Å². The van der Waals surface area contributed by atoms with Gasteiger partial charge in [-0.15, -0.1) is 0 Å². The minimum Gasteiger partial charge on any atom is -0.481 e. The average Bonchev–Trinajstić information content (AvgIpc) is 2.65. The molecule has 0 fully saturated rings. The number of carbonyl (C=O) groups is 6. The Labute approximate surface area is 179 Å². The number of rotatable bonds is 15. The first-order valence-electron chi connectivity index (χ1n) is 9.69. The minimum absolute atomic E-state index is 0.0272. The molecule has 0 saturated carbocycles. The Bertz CT molecular complexity index is 682. The Hall–Kier alpha value is -3.22. The highest BCUT2D eigenvalue weighted by Gasteiger charge is 2.27. The summed E-state index contributed by atoms with van der Waals surface area (Å²) < 4.78 is 0. The fourth-order valence-electron chi connectivity index (χ4n) is 2.47. The number of hydrogen-bond acceptors (Lipinski definition) is 7. The number of nitrogens with two attached hydrogens (primary N) is 2. The van der Waals surface area contributed by atoms with Crippen LogP contribution >= 0.6 is 0 Å². The lowest BCUT2D eigenvalue weighted by Gasteiger charge is -2.22. The highest BCUT2D eigenvalue weighted by atomic mass is 16.4. The van der Waals surface area contributed by atoms with Gasteiger partial charge in [0.15, 0.2) is 0 Å². The maximum absolute atomic E-state index is 12.5. The van der Waals surface area contributed by atoms with E-state index in [1.165, 1.54) is 0 Å². The molecule has 0 aliphatic carbocycles. The molecule has 176 valence electrons. The van der Waals surface area contributed by atoms with Crippen molar-refractivity contribution in [1.82, 2.24) is 16.0 Å². The SMILES string of the molecule is CC(C)CC(NC(=O)C(CCC(N)=O)NC(=O)CNC(=O)C(N)CCC(=O)O)C(=O)O. The monoisotopic (exact) mass is 445 g/mol. The van der Waals surface area contributed by atoms with Crippen LogP contribution in [0, 0.1) is 5.92 Å². The van der Waals surface area contributed by atoms with Crippen LogP contribution in [0.5, 0.6) is 0 Å². The molecule has 0 aromatic carbocycles. The first-order valence-corrected chi connectivity index (χ1v) is 9.69. The zero-order valence-corrected chi connectivity index (χ0v) is 17.6. The van der Waals surface area contributed by atoms with E-state index in [4.69, 9.17) is 16.6 Å². The third kappa shape index (κ3) is 12.8. The third-order valence-electron chi connectivity index (χ3n) is 4.08. The number of amides is 4. The van der Waals surface area contributed by atoms with E-state index in [2.05, 4.69) is 16.0 Å². The van der Waals surface area contributed by atoms with Crippen LogP contribution < -0.4 is 27.4 Å². The molecular formula is C18H31N5O8. The fourth-order valence-corrected chi connectivity index (χ4v) is 2.47. The molecule has 31 heavy (non-hydrogen) atoms. The second kappa shape index (κ2) is 13.9. The van der Waals surface area contributed by atoms with Crippen molar-refractivity contribution in [2.24, 2.45) is 17.4 Å². The highest BCUT2D eigenvalue weighted by molar-refractivity contribution is 5.92. The van der Waals surface area contributed by atoms with E-state index in [1.54, 1.807) is 13.8 Å². The highest BCUT2D eigenvalue weighted by Crippen LogP contribution is 2.06. The molecule has 3 unspecified atom stereocenters. The Balaban J connectivity index is 4.93. The van der Waals surface area contributed by atoms with E-state index < -0.39 is 60.2 Å². The smallest absolute Gasteiger partial charge is 0.326 e. The second-order valence-corrected chi connectivity index (χ2v) is 7.41. The summed E-state index contributed by atoms with van der Waals surface area (Å²) in [6.45, 7) is 2.99. The van der Waals surface area contributed by atoms with Crippen LogP contribution in [0.4, 0.5) is 0 Å². The molecule has 0 radical (unpaired) electrons. The van der Waals surface area contributed by atoms with Crippen molar-refractivity contribution in [1.29, 1.82) is 0 Å². The first-order chi connectivity index (χ1) is 14.3. The predicted molar refractivity (Wildman–Crippen MR) is 107 cm³/mol. The number of carbonyl (C=O) groups excluding carboxylic acids is 4. The molecule has 0 aromatic heterocycles. The van der Waals surface area contributed by atoms with Gasteiger partial charge in [0.2, 0.25) is 23.6 Å². The van der Waals surface area contributed by atoms with E-state index >= 15 is 0 Å². The molecule has 13 heteroatoms. The molecule has 3 atom stereocenters. The van der Waals surface area contributed by atoms with Crippen LogP contribution in [0.25, 0.3) is 0 Å². The molecule has 0 heterocycles. The summed E-state index contributed by atoms with van der Waals surface area (Å²) >= 11 is 0. The van der Waals surface area contributed by atoms with Gasteiger partial charge in [0.05, 0.1) is 12.6 Å².